The van der Waals surface area contributed by atoms with Crippen LogP contribution < -0.4 is 15.8 Å². The highest BCUT2D eigenvalue weighted by Crippen LogP contribution is 2.31. The van der Waals surface area contributed by atoms with E-state index in [2.05, 4.69) is 15.5 Å². The minimum Gasteiger partial charge on any atom is -0.486 e. The Morgan fingerprint density at radius 3 is 2.67 bits per heavy atom. The molecule has 1 aliphatic carbocycles. The summed E-state index contributed by atoms with van der Waals surface area (Å²) in [6.07, 6.45) is 0.580. The molecule has 1 aromatic heterocycles. The minimum atomic E-state index is -0.418. The highest BCUT2D eigenvalue weighted by molar-refractivity contribution is 6.29. The lowest BCUT2D eigenvalue weighted by Crippen LogP contribution is -2.46. The van der Waals surface area contributed by atoms with Gasteiger partial charge in [-0.1, -0.05) is 11.6 Å². The summed E-state index contributed by atoms with van der Waals surface area (Å²) >= 11 is 5.73. The number of alkyl carbamates (subject to hydrolysis) is 1. The van der Waals surface area contributed by atoms with Gasteiger partial charge in [-0.25, -0.2) is 4.79 Å². The van der Waals surface area contributed by atoms with Crippen molar-refractivity contribution in [2.45, 2.75) is 51.4 Å². The Bertz CT molecular complexity index is 527. The van der Waals surface area contributed by atoms with Gasteiger partial charge in [0.15, 0.2) is 16.7 Å². The van der Waals surface area contributed by atoms with Crippen LogP contribution in [0.2, 0.25) is 5.15 Å². The highest BCUT2D eigenvalue weighted by Gasteiger charge is 2.35. The fraction of sp³-hybridized carbons (Fsp3) is 0.615. The average Bonchev–Trinajstić information content (AvgIpc) is 2.28. The number of hydrogen-bond donors (Lipinski definition) is 2. The molecule has 0 aromatic carbocycles. The standard InChI is InChI=1S/C13H19ClN4O3/c1-13(2,3)16-12(19)21-8-4-7(5-8)20-9-6-10(14)17-18-11(9)15/h6-8H,4-5H2,1-3H3,(H2,15,18)(H,16,19). The molecular weight excluding hydrogens is 296 g/mol. The maximum absolute atomic E-state index is 11.6. The maximum Gasteiger partial charge on any atom is 0.407 e. The molecule has 1 saturated carbocycles. The molecule has 1 fully saturated rings. The third-order valence-corrected chi connectivity index (χ3v) is 3.04. The van der Waals surface area contributed by atoms with E-state index < -0.39 is 6.09 Å². The van der Waals surface area contributed by atoms with Crippen LogP contribution in [0.25, 0.3) is 0 Å². The molecule has 0 spiro atoms. The molecule has 1 amide bonds. The summed E-state index contributed by atoms with van der Waals surface area (Å²) in [5.41, 5.74) is 5.33. The minimum absolute atomic E-state index is 0.0694. The molecular formula is C13H19ClN4O3. The maximum atomic E-state index is 11.6. The van der Waals surface area contributed by atoms with E-state index in [1.54, 1.807) is 0 Å². The van der Waals surface area contributed by atoms with E-state index in [9.17, 15) is 4.79 Å². The van der Waals surface area contributed by atoms with Gasteiger partial charge in [0.1, 0.15) is 12.2 Å². The molecule has 1 aliphatic rings. The molecule has 1 heterocycles. The van der Waals surface area contributed by atoms with Crippen molar-refractivity contribution in [2.24, 2.45) is 0 Å². The van der Waals surface area contributed by atoms with Crippen molar-refractivity contribution in [3.8, 4) is 5.75 Å². The second-order valence-corrected chi connectivity index (χ2v) is 6.42. The SMILES string of the molecule is CC(C)(C)NC(=O)OC1CC(Oc2cc(Cl)nnc2N)C1. The summed E-state index contributed by atoms with van der Waals surface area (Å²) < 4.78 is 10.9. The summed E-state index contributed by atoms with van der Waals surface area (Å²) in [5.74, 6) is 0.590. The van der Waals surface area contributed by atoms with E-state index >= 15 is 0 Å². The topological polar surface area (TPSA) is 99.4 Å². The van der Waals surface area contributed by atoms with Gasteiger partial charge in [-0.15, -0.1) is 10.2 Å². The lowest BCUT2D eigenvalue weighted by atomic mass is 9.92. The van der Waals surface area contributed by atoms with Gasteiger partial charge in [-0.05, 0) is 20.8 Å². The molecule has 0 aliphatic heterocycles. The number of amides is 1. The fourth-order valence-corrected chi connectivity index (χ4v) is 1.97. The Hall–Kier alpha value is -1.76. The van der Waals surface area contributed by atoms with Crippen LogP contribution in [0.3, 0.4) is 0 Å². The molecule has 8 heteroatoms. The van der Waals surface area contributed by atoms with Crippen molar-refractivity contribution in [1.29, 1.82) is 0 Å². The van der Waals surface area contributed by atoms with E-state index in [1.165, 1.54) is 6.07 Å². The van der Waals surface area contributed by atoms with Crippen LogP contribution >= 0.6 is 11.6 Å². The zero-order chi connectivity index (χ0) is 15.6. The Morgan fingerprint density at radius 1 is 1.38 bits per heavy atom. The predicted octanol–water partition coefficient (Wildman–Crippen LogP) is 2.15. The van der Waals surface area contributed by atoms with E-state index in [1.807, 2.05) is 20.8 Å². The van der Waals surface area contributed by atoms with Crippen LogP contribution in [0.4, 0.5) is 10.6 Å². The number of carbonyl (C=O) groups excluding carboxylic acids is 1. The quantitative estimate of drug-likeness (QED) is 0.886. The average molecular weight is 315 g/mol. The van der Waals surface area contributed by atoms with Crippen molar-refractivity contribution in [1.82, 2.24) is 15.5 Å². The van der Waals surface area contributed by atoms with Gasteiger partial charge in [0.2, 0.25) is 0 Å². The van der Waals surface area contributed by atoms with Crippen molar-refractivity contribution in [3.05, 3.63) is 11.2 Å². The van der Waals surface area contributed by atoms with Crippen LogP contribution in [0, 0.1) is 0 Å². The number of halogens is 1. The lowest BCUT2D eigenvalue weighted by molar-refractivity contribution is -0.0242. The zero-order valence-corrected chi connectivity index (χ0v) is 13.0. The van der Waals surface area contributed by atoms with Crippen molar-refractivity contribution >= 4 is 23.5 Å². The van der Waals surface area contributed by atoms with Gasteiger partial charge in [-0.2, -0.15) is 0 Å². The zero-order valence-electron chi connectivity index (χ0n) is 12.2. The van der Waals surface area contributed by atoms with Gasteiger partial charge in [0.05, 0.1) is 0 Å². The van der Waals surface area contributed by atoms with Crippen LogP contribution in [-0.2, 0) is 4.74 Å². The third-order valence-electron chi connectivity index (χ3n) is 2.85. The summed E-state index contributed by atoms with van der Waals surface area (Å²) in [6.45, 7) is 5.68. The van der Waals surface area contributed by atoms with E-state index in [4.69, 9.17) is 26.8 Å². The Morgan fingerprint density at radius 2 is 2.05 bits per heavy atom. The molecule has 0 saturated heterocycles. The molecule has 0 unspecified atom stereocenters. The monoisotopic (exact) mass is 314 g/mol. The molecule has 0 bridgehead atoms. The van der Waals surface area contributed by atoms with Crippen LogP contribution in [-0.4, -0.2) is 34.0 Å². The Balaban J connectivity index is 1.77. The predicted molar refractivity (Wildman–Crippen MR) is 78.3 cm³/mol. The van der Waals surface area contributed by atoms with Crippen LogP contribution in [0.5, 0.6) is 5.75 Å². The highest BCUT2D eigenvalue weighted by atomic mass is 35.5. The number of carbonyl (C=O) groups is 1. The number of ether oxygens (including phenoxy) is 2. The van der Waals surface area contributed by atoms with Crippen molar-refractivity contribution in [2.75, 3.05) is 5.73 Å². The van der Waals surface area contributed by atoms with Gasteiger partial charge in [0.25, 0.3) is 0 Å². The first-order chi connectivity index (χ1) is 9.73. The van der Waals surface area contributed by atoms with E-state index in [0.29, 0.717) is 18.6 Å². The number of nitrogens with one attached hydrogen (secondary N) is 1. The molecule has 116 valence electrons. The number of hydrogen-bond acceptors (Lipinski definition) is 6. The normalized spacial score (nSPS) is 21.3. The van der Waals surface area contributed by atoms with E-state index in [0.717, 1.165) is 0 Å². The third kappa shape index (κ3) is 4.63. The van der Waals surface area contributed by atoms with Gasteiger partial charge < -0.3 is 20.5 Å². The van der Waals surface area contributed by atoms with Crippen molar-refractivity contribution in [3.63, 3.8) is 0 Å². The first-order valence-corrected chi connectivity index (χ1v) is 7.05. The number of nitrogens with zero attached hydrogens (tertiary/aromatic N) is 2. The first-order valence-electron chi connectivity index (χ1n) is 6.67. The smallest absolute Gasteiger partial charge is 0.407 e. The summed E-state index contributed by atoms with van der Waals surface area (Å²) in [7, 11) is 0. The molecule has 7 nitrogen and oxygen atoms in total. The van der Waals surface area contributed by atoms with Crippen LogP contribution in [0.15, 0.2) is 6.07 Å². The number of nitrogens with two attached hydrogens (primary N) is 1. The molecule has 21 heavy (non-hydrogen) atoms. The molecule has 1 aromatic rings. The first kappa shape index (κ1) is 15.6. The van der Waals surface area contributed by atoms with Gasteiger partial charge >= 0.3 is 6.09 Å². The summed E-state index contributed by atoms with van der Waals surface area (Å²) in [5, 5.41) is 10.2. The molecule has 0 radical (unpaired) electrons. The van der Waals surface area contributed by atoms with Crippen LogP contribution in [0.1, 0.15) is 33.6 Å². The lowest BCUT2D eigenvalue weighted by Gasteiger charge is -2.35. The molecule has 2 rings (SSSR count). The van der Waals surface area contributed by atoms with Gasteiger partial charge in [0, 0.05) is 24.4 Å². The fourth-order valence-electron chi connectivity index (χ4n) is 1.83. The van der Waals surface area contributed by atoms with Gasteiger partial charge in [-0.3, -0.25) is 0 Å². The number of anilines is 1. The second-order valence-electron chi connectivity index (χ2n) is 6.03. The summed E-state index contributed by atoms with van der Waals surface area (Å²) in [4.78, 5) is 11.6. The second kappa shape index (κ2) is 5.93. The van der Waals surface area contributed by atoms with E-state index in [-0.39, 0.29) is 28.7 Å². The molecule has 3 N–H and O–H groups in total. The summed E-state index contributed by atoms with van der Waals surface area (Å²) in [6, 6.07) is 1.52. The Kier molecular flexibility index (Phi) is 4.41. The Labute approximate surface area is 128 Å². The number of nitrogen functional groups attached to an aromatic ring is 1. The molecule has 0 atom stereocenters. The number of rotatable bonds is 3. The van der Waals surface area contributed by atoms with Crippen molar-refractivity contribution < 1.29 is 14.3 Å². The number of aromatic nitrogens is 2. The largest absolute Gasteiger partial charge is 0.486 e.